The van der Waals surface area contributed by atoms with Crippen molar-refractivity contribution in [2.24, 2.45) is 0 Å². The highest BCUT2D eigenvalue weighted by atomic mass is 16.5. The standard InChI is InChI=1S/C6H9NO3/c1-4-5(2-3-8)6(9)7-10-4/h8H,2-3H2,1H3,(H,7,9). The third kappa shape index (κ3) is 1.11. The van der Waals surface area contributed by atoms with Gasteiger partial charge >= 0.3 is 0 Å². The lowest BCUT2D eigenvalue weighted by Crippen LogP contribution is -2.07. The molecule has 1 aromatic heterocycles. The van der Waals surface area contributed by atoms with Crippen molar-refractivity contribution in [2.45, 2.75) is 13.3 Å². The third-order valence-electron chi connectivity index (χ3n) is 1.36. The van der Waals surface area contributed by atoms with Gasteiger partial charge in [-0.25, -0.2) is 0 Å². The van der Waals surface area contributed by atoms with Crippen LogP contribution in [0.15, 0.2) is 9.32 Å². The molecule has 0 aliphatic carbocycles. The van der Waals surface area contributed by atoms with E-state index >= 15 is 0 Å². The number of hydrogen-bond acceptors (Lipinski definition) is 3. The number of aromatic amines is 1. The van der Waals surface area contributed by atoms with Crippen LogP contribution in [0.25, 0.3) is 0 Å². The van der Waals surface area contributed by atoms with Gasteiger partial charge in [0.05, 0.1) is 5.56 Å². The molecule has 0 amide bonds. The molecular formula is C6H9NO3. The van der Waals surface area contributed by atoms with Gasteiger partial charge in [-0.3, -0.25) is 4.79 Å². The Kier molecular flexibility index (Phi) is 1.91. The average molecular weight is 143 g/mol. The highest BCUT2D eigenvalue weighted by Gasteiger charge is 2.05. The van der Waals surface area contributed by atoms with Gasteiger partial charge in [0.25, 0.3) is 5.56 Å². The fraction of sp³-hybridized carbons (Fsp3) is 0.500. The van der Waals surface area contributed by atoms with Crippen molar-refractivity contribution in [3.8, 4) is 0 Å². The first-order chi connectivity index (χ1) is 4.75. The molecule has 1 aromatic rings. The zero-order chi connectivity index (χ0) is 7.56. The summed E-state index contributed by atoms with van der Waals surface area (Å²) in [5.41, 5.74) is 0.286. The number of H-pyrrole nitrogens is 1. The van der Waals surface area contributed by atoms with Gasteiger partial charge in [-0.1, -0.05) is 0 Å². The molecule has 0 saturated heterocycles. The van der Waals surface area contributed by atoms with Crippen molar-refractivity contribution in [2.75, 3.05) is 6.61 Å². The quantitative estimate of drug-likeness (QED) is 0.603. The Labute approximate surface area is 57.4 Å². The predicted molar refractivity (Wildman–Crippen MR) is 34.9 cm³/mol. The van der Waals surface area contributed by atoms with Crippen molar-refractivity contribution in [1.29, 1.82) is 0 Å². The van der Waals surface area contributed by atoms with Crippen molar-refractivity contribution in [3.05, 3.63) is 21.7 Å². The van der Waals surface area contributed by atoms with Crippen LogP contribution in [0.5, 0.6) is 0 Å². The highest BCUT2D eigenvalue weighted by Crippen LogP contribution is 1.99. The first-order valence-corrected chi connectivity index (χ1v) is 3.03. The minimum atomic E-state index is -0.244. The van der Waals surface area contributed by atoms with E-state index in [0.717, 1.165) is 0 Å². The van der Waals surface area contributed by atoms with Gasteiger partial charge in [0.1, 0.15) is 5.76 Å². The Morgan fingerprint density at radius 3 is 2.80 bits per heavy atom. The molecule has 2 N–H and O–H groups in total. The smallest absolute Gasteiger partial charge is 0.283 e. The van der Waals surface area contributed by atoms with Crippen molar-refractivity contribution in [1.82, 2.24) is 5.16 Å². The number of rotatable bonds is 2. The SMILES string of the molecule is Cc1o[nH]c(=O)c1CCO. The van der Waals surface area contributed by atoms with Crippen LogP contribution in [0.2, 0.25) is 0 Å². The van der Waals surface area contributed by atoms with Crippen molar-refractivity contribution < 1.29 is 9.63 Å². The molecular weight excluding hydrogens is 134 g/mol. The van der Waals surface area contributed by atoms with E-state index < -0.39 is 0 Å². The summed E-state index contributed by atoms with van der Waals surface area (Å²) >= 11 is 0. The second-order valence-electron chi connectivity index (χ2n) is 2.04. The fourth-order valence-electron chi connectivity index (χ4n) is 0.807. The Morgan fingerprint density at radius 2 is 2.40 bits per heavy atom. The summed E-state index contributed by atoms with van der Waals surface area (Å²) in [6.07, 6.45) is 0.359. The minimum Gasteiger partial charge on any atom is -0.396 e. The summed E-state index contributed by atoms with van der Waals surface area (Å²) in [6, 6.07) is 0. The maximum Gasteiger partial charge on any atom is 0.283 e. The van der Waals surface area contributed by atoms with Crippen LogP contribution < -0.4 is 5.56 Å². The number of aryl methyl sites for hydroxylation is 1. The van der Waals surface area contributed by atoms with E-state index in [1.54, 1.807) is 6.92 Å². The summed E-state index contributed by atoms with van der Waals surface area (Å²) < 4.78 is 4.70. The normalized spacial score (nSPS) is 10.2. The monoisotopic (exact) mass is 143 g/mol. The molecule has 0 fully saturated rings. The predicted octanol–water partition coefficient (Wildman–Crippen LogP) is -0.189. The zero-order valence-corrected chi connectivity index (χ0v) is 5.68. The lowest BCUT2D eigenvalue weighted by atomic mass is 10.2. The van der Waals surface area contributed by atoms with Gasteiger partial charge in [-0.15, -0.1) is 0 Å². The highest BCUT2D eigenvalue weighted by molar-refractivity contribution is 5.11. The maximum absolute atomic E-state index is 10.8. The van der Waals surface area contributed by atoms with Gasteiger partial charge in [-0.05, 0) is 6.92 Å². The van der Waals surface area contributed by atoms with Crippen LogP contribution in [-0.4, -0.2) is 16.9 Å². The van der Waals surface area contributed by atoms with E-state index in [0.29, 0.717) is 17.7 Å². The number of nitrogens with one attached hydrogen (secondary N) is 1. The summed E-state index contributed by atoms with van der Waals surface area (Å²) in [6.45, 7) is 1.66. The Bertz CT molecular complexity index is 260. The molecule has 0 spiro atoms. The molecule has 0 aromatic carbocycles. The second-order valence-corrected chi connectivity index (χ2v) is 2.04. The van der Waals surface area contributed by atoms with Crippen LogP contribution in [-0.2, 0) is 6.42 Å². The molecule has 56 valence electrons. The Morgan fingerprint density at radius 1 is 1.70 bits per heavy atom. The summed E-state index contributed by atoms with van der Waals surface area (Å²) in [7, 11) is 0. The molecule has 0 radical (unpaired) electrons. The molecule has 0 aliphatic heterocycles. The van der Waals surface area contributed by atoms with Crippen LogP contribution in [0.1, 0.15) is 11.3 Å². The molecule has 0 unspecified atom stereocenters. The Hall–Kier alpha value is -1.03. The van der Waals surface area contributed by atoms with Crippen LogP contribution in [0.3, 0.4) is 0 Å². The lowest BCUT2D eigenvalue weighted by Gasteiger charge is -1.87. The molecule has 4 nitrogen and oxygen atoms in total. The largest absolute Gasteiger partial charge is 0.396 e. The summed E-state index contributed by atoms with van der Waals surface area (Å²) in [4.78, 5) is 10.8. The van der Waals surface area contributed by atoms with E-state index in [4.69, 9.17) is 9.63 Å². The van der Waals surface area contributed by atoms with Gasteiger partial charge in [0, 0.05) is 13.0 Å². The molecule has 0 bridgehead atoms. The van der Waals surface area contributed by atoms with Crippen LogP contribution >= 0.6 is 0 Å². The number of aromatic nitrogens is 1. The molecule has 0 atom stereocenters. The Balaban J connectivity index is 2.99. The van der Waals surface area contributed by atoms with Gasteiger partial charge < -0.3 is 9.63 Å². The number of aliphatic hydroxyl groups excluding tert-OH is 1. The third-order valence-corrected chi connectivity index (χ3v) is 1.36. The number of hydrogen-bond donors (Lipinski definition) is 2. The minimum absolute atomic E-state index is 0.0244. The molecule has 0 aliphatic rings. The molecule has 10 heavy (non-hydrogen) atoms. The van der Waals surface area contributed by atoms with E-state index in [2.05, 4.69) is 5.16 Å². The molecule has 4 heteroatoms. The average Bonchev–Trinajstić information content (AvgIpc) is 2.20. The molecule has 1 heterocycles. The van der Waals surface area contributed by atoms with Crippen LogP contribution in [0.4, 0.5) is 0 Å². The van der Waals surface area contributed by atoms with E-state index in [1.165, 1.54) is 0 Å². The van der Waals surface area contributed by atoms with E-state index in [9.17, 15) is 4.79 Å². The zero-order valence-electron chi connectivity index (χ0n) is 5.68. The van der Waals surface area contributed by atoms with E-state index in [-0.39, 0.29) is 12.2 Å². The maximum atomic E-state index is 10.8. The van der Waals surface area contributed by atoms with Crippen molar-refractivity contribution in [3.63, 3.8) is 0 Å². The topological polar surface area (TPSA) is 66.2 Å². The first-order valence-electron chi connectivity index (χ1n) is 3.03. The van der Waals surface area contributed by atoms with Crippen molar-refractivity contribution >= 4 is 0 Å². The number of aliphatic hydroxyl groups is 1. The van der Waals surface area contributed by atoms with Gasteiger partial charge in [-0.2, -0.15) is 5.16 Å². The first kappa shape index (κ1) is 7.08. The van der Waals surface area contributed by atoms with Gasteiger partial charge in [0.2, 0.25) is 0 Å². The summed E-state index contributed by atoms with van der Waals surface area (Å²) in [5, 5.41) is 10.7. The molecule has 0 saturated carbocycles. The summed E-state index contributed by atoms with van der Waals surface area (Å²) in [5.74, 6) is 0.555. The van der Waals surface area contributed by atoms with Gasteiger partial charge in [0.15, 0.2) is 0 Å². The van der Waals surface area contributed by atoms with Crippen LogP contribution in [0, 0.1) is 6.92 Å². The second kappa shape index (κ2) is 2.70. The fourth-order valence-corrected chi connectivity index (χ4v) is 0.807. The lowest BCUT2D eigenvalue weighted by molar-refractivity contribution is 0.298. The van der Waals surface area contributed by atoms with E-state index in [1.807, 2.05) is 0 Å². The molecule has 1 rings (SSSR count).